The lowest BCUT2D eigenvalue weighted by atomic mass is 9.72. The van der Waals surface area contributed by atoms with Gasteiger partial charge in [0.2, 0.25) is 0 Å². The Balaban J connectivity index is 2.15. The molecular formula is C9H15N. The second-order valence-corrected chi connectivity index (χ2v) is 4.52. The maximum absolute atomic E-state index is 4.47. The van der Waals surface area contributed by atoms with Crippen molar-refractivity contribution in [2.75, 3.05) is 0 Å². The number of hydrogen-bond acceptors (Lipinski definition) is 1. The molecule has 2 bridgehead atoms. The molecule has 0 N–H and O–H groups in total. The first kappa shape index (κ1) is 6.38. The lowest BCUT2D eigenvalue weighted by Crippen LogP contribution is -2.26. The van der Waals surface area contributed by atoms with Crippen LogP contribution in [0.4, 0.5) is 0 Å². The van der Waals surface area contributed by atoms with Crippen molar-refractivity contribution >= 4 is 6.21 Å². The van der Waals surface area contributed by atoms with Gasteiger partial charge >= 0.3 is 0 Å². The first-order valence-corrected chi connectivity index (χ1v) is 4.19. The molecule has 1 heteroatoms. The van der Waals surface area contributed by atoms with Crippen molar-refractivity contribution < 1.29 is 0 Å². The van der Waals surface area contributed by atoms with Crippen molar-refractivity contribution in [1.29, 1.82) is 0 Å². The molecule has 0 aromatic heterocycles. The normalized spacial score (nSPS) is 42.2. The number of fused-ring (bicyclic) bond motifs is 2. The second kappa shape index (κ2) is 1.84. The van der Waals surface area contributed by atoms with Crippen LogP contribution < -0.4 is 0 Å². The summed E-state index contributed by atoms with van der Waals surface area (Å²) >= 11 is 0. The standard InChI is InChI=1S/C9H15N/c1-9(2)4-7-3-8(5-9)10-6-7/h6-8H,3-5H2,1-2H3. The minimum absolute atomic E-state index is 0.560. The Kier molecular flexibility index (Phi) is 1.17. The van der Waals surface area contributed by atoms with Crippen molar-refractivity contribution in [2.24, 2.45) is 16.3 Å². The predicted molar refractivity (Wildman–Crippen MR) is 43.4 cm³/mol. The quantitative estimate of drug-likeness (QED) is 0.485. The zero-order chi connectivity index (χ0) is 7.19. The molecule has 0 saturated heterocycles. The van der Waals surface area contributed by atoms with Gasteiger partial charge in [-0.1, -0.05) is 13.8 Å². The summed E-state index contributed by atoms with van der Waals surface area (Å²) in [5, 5.41) is 0. The minimum atomic E-state index is 0.560. The van der Waals surface area contributed by atoms with Crippen LogP contribution in [0.3, 0.4) is 0 Å². The molecule has 0 amide bonds. The molecule has 0 spiro atoms. The number of hydrogen-bond donors (Lipinski definition) is 0. The first-order chi connectivity index (χ1) is 4.66. The fourth-order valence-corrected chi connectivity index (χ4v) is 2.42. The third kappa shape index (κ3) is 0.979. The molecule has 10 heavy (non-hydrogen) atoms. The number of rotatable bonds is 0. The Bertz CT molecular complexity index is 154. The molecule has 1 fully saturated rings. The van der Waals surface area contributed by atoms with Crippen LogP contribution in [0.15, 0.2) is 4.99 Å². The molecule has 2 aliphatic rings. The molecule has 1 nitrogen and oxygen atoms in total. The summed E-state index contributed by atoms with van der Waals surface area (Å²) in [6, 6.07) is 0.675. The van der Waals surface area contributed by atoms with E-state index in [2.05, 4.69) is 25.1 Å². The van der Waals surface area contributed by atoms with E-state index in [9.17, 15) is 0 Å². The van der Waals surface area contributed by atoms with E-state index in [0.717, 1.165) is 5.92 Å². The highest BCUT2D eigenvalue weighted by Crippen LogP contribution is 2.41. The van der Waals surface area contributed by atoms with Crippen LogP contribution in [0.1, 0.15) is 33.1 Å². The SMILES string of the molecule is CC1(C)CC2C=NC(C2)C1. The highest BCUT2D eigenvalue weighted by molar-refractivity contribution is 5.64. The summed E-state index contributed by atoms with van der Waals surface area (Å²) in [6.07, 6.45) is 6.18. The van der Waals surface area contributed by atoms with Crippen LogP contribution in [0.25, 0.3) is 0 Å². The summed E-state index contributed by atoms with van der Waals surface area (Å²) < 4.78 is 0. The van der Waals surface area contributed by atoms with Crippen LogP contribution in [0.2, 0.25) is 0 Å². The van der Waals surface area contributed by atoms with Gasteiger partial charge in [0.25, 0.3) is 0 Å². The monoisotopic (exact) mass is 137 g/mol. The lowest BCUT2D eigenvalue weighted by molar-refractivity contribution is 0.210. The second-order valence-electron chi connectivity index (χ2n) is 4.52. The summed E-state index contributed by atoms with van der Waals surface area (Å²) in [5.74, 6) is 0.814. The average molecular weight is 137 g/mol. The van der Waals surface area contributed by atoms with Gasteiger partial charge in [-0.2, -0.15) is 0 Å². The van der Waals surface area contributed by atoms with Gasteiger partial charge < -0.3 is 0 Å². The molecule has 2 atom stereocenters. The van der Waals surface area contributed by atoms with Crippen molar-refractivity contribution in [3.8, 4) is 0 Å². The smallest absolute Gasteiger partial charge is 0.0507 e. The summed E-state index contributed by atoms with van der Waals surface area (Å²) in [6.45, 7) is 4.72. The molecule has 1 saturated carbocycles. The largest absolute Gasteiger partial charge is 0.294 e. The maximum atomic E-state index is 4.47. The molecular weight excluding hydrogens is 122 g/mol. The maximum Gasteiger partial charge on any atom is 0.0507 e. The topological polar surface area (TPSA) is 12.4 Å². The van der Waals surface area contributed by atoms with E-state index in [1.807, 2.05) is 0 Å². The highest BCUT2D eigenvalue weighted by atomic mass is 14.8. The summed E-state index contributed by atoms with van der Waals surface area (Å²) in [4.78, 5) is 4.47. The van der Waals surface area contributed by atoms with Gasteiger partial charge in [-0.05, 0) is 30.6 Å². The van der Waals surface area contributed by atoms with Gasteiger partial charge in [-0.25, -0.2) is 0 Å². The van der Waals surface area contributed by atoms with Crippen LogP contribution in [-0.2, 0) is 0 Å². The van der Waals surface area contributed by atoms with Crippen LogP contribution >= 0.6 is 0 Å². The molecule has 56 valence electrons. The fraction of sp³-hybridized carbons (Fsp3) is 0.889. The van der Waals surface area contributed by atoms with Crippen molar-refractivity contribution in [3.05, 3.63) is 0 Å². The van der Waals surface area contributed by atoms with E-state index in [0.29, 0.717) is 11.5 Å². The molecule has 0 aromatic rings. The summed E-state index contributed by atoms with van der Waals surface area (Å²) in [7, 11) is 0. The average Bonchev–Trinajstić information content (AvgIpc) is 2.08. The molecule has 1 aliphatic heterocycles. The molecule has 0 aromatic carbocycles. The molecule has 1 aliphatic carbocycles. The van der Waals surface area contributed by atoms with E-state index in [1.54, 1.807) is 0 Å². The zero-order valence-corrected chi connectivity index (χ0v) is 6.80. The molecule has 0 radical (unpaired) electrons. The third-order valence-corrected chi connectivity index (χ3v) is 2.69. The van der Waals surface area contributed by atoms with Gasteiger partial charge in [-0.3, -0.25) is 4.99 Å². The summed E-state index contributed by atoms with van der Waals surface area (Å²) in [5.41, 5.74) is 0.560. The van der Waals surface area contributed by atoms with Crippen molar-refractivity contribution in [2.45, 2.75) is 39.2 Å². The minimum Gasteiger partial charge on any atom is -0.294 e. The van der Waals surface area contributed by atoms with E-state index in [-0.39, 0.29) is 0 Å². The van der Waals surface area contributed by atoms with Gasteiger partial charge in [0.1, 0.15) is 0 Å². The molecule has 2 unspecified atom stereocenters. The Morgan fingerprint density at radius 2 is 2.20 bits per heavy atom. The van der Waals surface area contributed by atoms with E-state index in [1.165, 1.54) is 19.3 Å². The lowest BCUT2D eigenvalue weighted by Gasteiger charge is -2.33. The third-order valence-electron chi connectivity index (χ3n) is 2.69. The molecule has 1 heterocycles. The Morgan fingerprint density at radius 3 is 2.90 bits per heavy atom. The fourth-order valence-electron chi connectivity index (χ4n) is 2.42. The van der Waals surface area contributed by atoms with Crippen molar-refractivity contribution in [1.82, 2.24) is 0 Å². The van der Waals surface area contributed by atoms with Crippen LogP contribution in [-0.4, -0.2) is 12.3 Å². The molecule has 2 rings (SSSR count). The zero-order valence-electron chi connectivity index (χ0n) is 6.80. The number of nitrogens with zero attached hydrogens (tertiary/aromatic N) is 1. The van der Waals surface area contributed by atoms with Crippen LogP contribution in [0, 0.1) is 11.3 Å². The van der Waals surface area contributed by atoms with Crippen molar-refractivity contribution in [3.63, 3.8) is 0 Å². The van der Waals surface area contributed by atoms with Crippen LogP contribution in [0.5, 0.6) is 0 Å². The first-order valence-electron chi connectivity index (χ1n) is 4.19. The number of aliphatic imine (C=N–C) groups is 1. The van der Waals surface area contributed by atoms with Gasteiger partial charge in [0.05, 0.1) is 6.04 Å². The van der Waals surface area contributed by atoms with E-state index < -0.39 is 0 Å². The Labute approximate surface area is 62.5 Å². The van der Waals surface area contributed by atoms with E-state index in [4.69, 9.17) is 0 Å². The van der Waals surface area contributed by atoms with Gasteiger partial charge in [-0.15, -0.1) is 0 Å². The predicted octanol–water partition coefficient (Wildman–Crippen LogP) is 2.27. The van der Waals surface area contributed by atoms with E-state index >= 15 is 0 Å². The Hall–Kier alpha value is -0.330. The van der Waals surface area contributed by atoms with Gasteiger partial charge in [0.15, 0.2) is 0 Å². The van der Waals surface area contributed by atoms with Gasteiger partial charge in [0, 0.05) is 6.21 Å². The highest BCUT2D eigenvalue weighted by Gasteiger charge is 2.35. The Morgan fingerprint density at radius 1 is 1.40 bits per heavy atom.